The molecule has 5 heteroatoms. The number of para-hydroxylation sites is 1. The number of unbranched alkanes of at least 4 members (excludes halogenated alkanes) is 1. The number of amides is 1. The molecule has 1 amide bonds. The highest BCUT2D eigenvalue weighted by atomic mass is 32.1. The maximum absolute atomic E-state index is 12.0. The highest BCUT2D eigenvalue weighted by molar-refractivity contribution is 7.18. The lowest BCUT2D eigenvalue weighted by molar-refractivity contribution is -0.122. The second-order valence-electron chi connectivity index (χ2n) is 6.43. The molecule has 0 aliphatic carbocycles. The third-order valence-corrected chi connectivity index (χ3v) is 5.47. The van der Waals surface area contributed by atoms with Gasteiger partial charge in [0.15, 0.2) is 0 Å². The van der Waals surface area contributed by atoms with Crippen molar-refractivity contribution in [2.75, 3.05) is 6.54 Å². The Balaban J connectivity index is 1.36. The lowest BCUT2D eigenvalue weighted by Crippen LogP contribution is -2.46. The zero-order valence-corrected chi connectivity index (χ0v) is 14.5. The summed E-state index contributed by atoms with van der Waals surface area (Å²) in [6.07, 6.45) is 5.64. The summed E-state index contributed by atoms with van der Waals surface area (Å²) in [5.74, 6) is 0.202. The molecule has 0 spiro atoms. The van der Waals surface area contributed by atoms with Crippen molar-refractivity contribution in [3.8, 4) is 0 Å². The molecular formula is C18H25N3OS. The molecule has 124 valence electrons. The number of fused-ring (bicyclic) bond motifs is 1. The van der Waals surface area contributed by atoms with E-state index in [1.54, 1.807) is 11.3 Å². The van der Waals surface area contributed by atoms with Crippen LogP contribution in [-0.2, 0) is 11.2 Å². The number of carbonyl (C=O) groups is 1. The molecule has 2 heterocycles. The van der Waals surface area contributed by atoms with Crippen LogP contribution in [0.5, 0.6) is 0 Å². The Kier molecular flexibility index (Phi) is 5.62. The fourth-order valence-electron chi connectivity index (χ4n) is 3.15. The summed E-state index contributed by atoms with van der Waals surface area (Å²) in [5, 5.41) is 7.77. The van der Waals surface area contributed by atoms with E-state index in [4.69, 9.17) is 0 Å². The third-order valence-electron chi connectivity index (χ3n) is 4.37. The van der Waals surface area contributed by atoms with Crippen molar-refractivity contribution < 1.29 is 4.79 Å². The SMILES string of the molecule is CC1CC(NC(=O)CCCCc2nc3ccccc3s2)CCN1. The molecule has 3 rings (SSSR count). The van der Waals surface area contributed by atoms with E-state index in [-0.39, 0.29) is 5.91 Å². The lowest BCUT2D eigenvalue weighted by Gasteiger charge is -2.28. The molecule has 1 aromatic carbocycles. The van der Waals surface area contributed by atoms with Crippen LogP contribution in [0.25, 0.3) is 10.2 Å². The van der Waals surface area contributed by atoms with Crippen molar-refractivity contribution in [3.63, 3.8) is 0 Å². The topological polar surface area (TPSA) is 54.0 Å². The molecule has 2 unspecified atom stereocenters. The first kappa shape index (κ1) is 16.4. The van der Waals surface area contributed by atoms with Gasteiger partial charge in [0.1, 0.15) is 0 Å². The number of hydrogen-bond acceptors (Lipinski definition) is 4. The Morgan fingerprint density at radius 2 is 2.26 bits per heavy atom. The van der Waals surface area contributed by atoms with Gasteiger partial charge in [0.25, 0.3) is 0 Å². The Bertz CT molecular complexity index is 622. The highest BCUT2D eigenvalue weighted by Crippen LogP contribution is 2.22. The second-order valence-corrected chi connectivity index (χ2v) is 7.54. The lowest BCUT2D eigenvalue weighted by atomic mass is 10.0. The van der Waals surface area contributed by atoms with E-state index in [2.05, 4.69) is 40.7 Å². The molecule has 0 bridgehead atoms. The third kappa shape index (κ3) is 4.75. The summed E-state index contributed by atoms with van der Waals surface area (Å²) < 4.78 is 1.25. The van der Waals surface area contributed by atoms with E-state index in [0.717, 1.165) is 44.2 Å². The summed E-state index contributed by atoms with van der Waals surface area (Å²) in [6.45, 7) is 3.18. The van der Waals surface area contributed by atoms with Crippen LogP contribution in [0.3, 0.4) is 0 Å². The van der Waals surface area contributed by atoms with Crippen LogP contribution >= 0.6 is 11.3 Å². The van der Waals surface area contributed by atoms with Gasteiger partial charge in [-0.15, -0.1) is 11.3 Å². The van der Waals surface area contributed by atoms with Crippen LogP contribution in [0.4, 0.5) is 0 Å². The van der Waals surface area contributed by atoms with E-state index in [1.807, 2.05) is 6.07 Å². The Morgan fingerprint density at radius 1 is 1.39 bits per heavy atom. The number of hydrogen-bond donors (Lipinski definition) is 2. The molecule has 1 fully saturated rings. The number of carbonyl (C=O) groups excluding carboxylic acids is 1. The number of piperidine rings is 1. The van der Waals surface area contributed by atoms with Gasteiger partial charge in [-0.1, -0.05) is 12.1 Å². The average molecular weight is 331 g/mol. The van der Waals surface area contributed by atoms with Crippen LogP contribution in [0.2, 0.25) is 0 Å². The van der Waals surface area contributed by atoms with Crippen molar-refractivity contribution in [3.05, 3.63) is 29.3 Å². The van der Waals surface area contributed by atoms with Crippen LogP contribution in [-0.4, -0.2) is 29.5 Å². The van der Waals surface area contributed by atoms with Gasteiger partial charge in [-0.2, -0.15) is 0 Å². The van der Waals surface area contributed by atoms with Gasteiger partial charge in [-0.25, -0.2) is 4.98 Å². The monoisotopic (exact) mass is 331 g/mol. The van der Waals surface area contributed by atoms with Crippen molar-refractivity contribution >= 4 is 27.5 Å². The predicted octanol–water partition coefficient (Wildman–Crippen LogP) is 3.27. The van der Waals surface area contributed by atoms with Gasteiger partial charge in [-0.3, -0.25) is 4.79 Å². The van der Waals surface area contributed by atoms with Crippen molar-refractivity contribution in [1.29, 1.82) is 0 Å². The van der Waals surface area contributed by atoms with Crippen molar-refractivity contribution in [2.24, 2.45) is 0 Å². The molecule has 1 aliphatic rings. The molecular weight excluding hydrogens is 306 g/mol. The van der Waals surface area contributed by atoms with E-state index in [0.29, 0.717) is 18.5 Å². The summed E-state index contributed by atoms with van der Waals surface area (Å²) >= 11 is 1.77. The number of nitrogens with zero attached hydrogens (tertiary/aromatic N) is 1. The maximum Gasteiger partial charge on any atom is 0.220 e. The molecule has 0 radical (unpaired) electrons. The highest BCUT2D eigenvalue weighted by Gasteiger charge is 2.19. The van der Waals surface area contributed by atoms with Gasteiger partial charge < -0.3 is 10.6 Å². The first-order chi connectivity index (χ1) is 11.2. The van der Waals surface area contributed by atoms with Crippen LogP contribution in [0.1, 0.15) is 44.0 Å². The molecule has 23 heavy (non-hydrogen) atoms. The number of thiazole rings is 1. The van der Waals surface area contributed by atoms with Gasteiger partial charge in [0.05, 0.1) is 15.2 Å². The van der Waals surface area contributed by atoms with Crippen LogP contribution < -0.4 is 10.6 Å². The Hall–Kier alpha value is -1.46. The zero-order valence-electron chi connectivity index (χ0n) is 13.7. The molecule has 1 aliphatic heterocycles. The van der Waals surface area contributed by atoms with Gasteiger partial charge in [-0.05, 0) is 57.7 Å². The molecule has 2 N–H and O–H groups in total. The summed E-state index contributed by atoms with van der Waals surface area (Å²) in [7, 11) is 0. The summed E-state index contributed by atoms with van der Waals surface area (Å²) in [5.41, 5.74) is 1.09. The molecule has 2 atom stereocenters. The summed E-state index contributed by atoms with van der Waals surface area (Å²) in [4.78, 5) is 16.7. The zero-order chi connectivity index (χ0) is 16.1. The summed E-state index contributed by atoms with van der Waals surface area (Å²) in [6, 6.07) is 9.11. The molecule has 0 saturated carbocycles. The average Bonchev–Trinajstić information content (AvgIpc) is 2.94. The number of nitrogens with one attached hydrogen (secondary N) is 2. The first-order valence-electron chi connectivity index (χ1n) is 8.58. The standard InChI is InChI=1S/C18H25N3OS/c1-13-12-14(10-11-19-13)20-17(22)8-4-5-9-18-21-15-6-2-3-7-16(15)23-18/h2-3,6-7,13-14,19H,4-5,8-12H2,1H3,(H,20,22). The van der Waals surface area contributed by atoms with Crippen LogP contribution in [0.15, 0.2) is 24.3 Å². The number of aromatic nitrogens is 1. The number of benzene rings is 1. The smallest absolute Gasteiger partial charge is 0.220 e. The molecule has 2 aromatic rings. The molecule has 4 nitrogen and oxygen atoms in total. The molecule has 1 aromatic heterocycles. The van der Waals surface area contributed by atoms with E-state index >= 15 is 0 Å². The fraction of sp³-hybridized carbons (Fsp3) is 0.556. The van der Waals surface area contributed by atoms with Crippen molar-refractivity contribution in [1.82, 2.24) is 15.6 Å². The number of rotatable bonds is 6. The van der Waals surface area contributed by atoms with Gasteiger partial charge in [0.2, 0.25) is 5.91 Å². The molecule has 1 saturated heterocycles. The quantitative estimate of drug-likeness (QED) is 0.799. The normalized spacial score (nSPS) is 21.4. The second kappa shape index (κ2) is 7.88. The van der Waals surface area contributed by atoms with Gasteiger partial charge >= 0.3 is 0 Å². The minimum Gasteiger partial charge on any atom is -0.353 e. The number of aryl methyl sites for hydroxylation is 1. The largest absolute Gasteiger partial charge is 0.353 e. The van der Waals surface area contributed by atoms with E-state index in [1.165, 1.54) is 9.71 Å². The Labute approximate surface area is 141 Å². The maximum atomic E-state index is 12.0. The predicted molar refractivity (Wildman–Crippen MR) is 95.8 cm³/mol. The van der Waals surface area contributed by atoms with Gasteiger partial charge in [0, 0.05) is 18.5 Å². The first-order valence-corrected chi connectivity index (χ1v) is 9.39. The minimum atomic E-state index is 0.202. The Morgan fingerprint density at radius 3 is 3.09 bits per heavy atom. The van der Waals surface area contributed by atoms with Crippen molar-refractivity contribution in [2.45, 2.75) is 57.5 Å². The van der Waals surface area contributed by atoms with Crippen LogP contribution in [0, 0.1) is 0 Å². The van der Waals surface area contributed by atoms with E-state index in [9.17, 15) is 4.79 Å². The minimum absolute atomic E-state index is 0.202. The fourth-order valence-corrected chi connectivity index (χ4v) is 4.16. The van der Waals surface area contributed by atoms with E-state index < -0.39 is 0 Å².